The summed E-state index contributed by atoms with van der Waals surface area (Å²) >= 11 is 0. The van der Waals surface area contributed by atoms with E-state index in [-0.39, 0.29) is 5.82 Å². The molecule has 2 rings (SSSR count). The highest BCUT2D eigenvalue weighted by molar-refractivity contribution is 5.34. The van der Waals surface area contributed by atoms with Crippen molar-refractivity contribution < 1.29 is 4.39 Å². The van der Waals surface area contributed by atoms with Gasteiger partial charge >= 0.3 is 0 Å². The third kappa shape index (κ3) is 4.40. The van der Waals surface area contributed by atoms with E-state index < -0.39 is 0 Å². The molecule has 112 valence electrons. The van der Waals surface area contributed by atoms with Gasteiger partial charge in [-0.05, 0) is 67.6 Å². The zero-order chi connectivity index (χ0) is 15.2. The molecule has 0 fully saturated rings. The van der Waals surface area contributed by atoms with E-state index >= 15 is 0 Å². The maximum absolute atomic E-state index is 13.3. The van der Waals surface area contributed by atoms with Gasteiger partial charge in [0.1, 0.15) is 5.82 Å². The van der Waals surface area contributed by atoms with Crippen molar-refractivity contribution >= 4 is 0 Å². The van der Waals surface area contributed by atoms with Gasteiger partial charge in [0.2, 0.25) is 0 Å². The van der Waals surface area contributed by atoms with Crippen LogP contribution in [0.2, 0.25) is 0 Å². The molecular weight excluding hydrogens is 261 g/mol. The largest absolute Gasteiger partial charge is 0.314 e. The van der Waals surface area contributed by atoms with Crippen molar-refractivity contribution in [1.82, 2.24) is 5.32 Å². The Bertz CT molecular complexity index is 572. The van der Waals surface area contributed by atoms with Crippen LogP contribution >= 0.6 is 0 Å². The first-order chi connectivity index (χ1) is 10.1. The fourth-order valence-corrected chi connectivity index (χ4v) is 2.87. The summed E-state index contributed by atoms with van der Waals surface area (Å²) in [4.78, 5) is 0. The quantitative estimate of drug-likeness (QED) is 0.838. The Balaban J connectivity index is 2.16. The Kier molecular flexibility index (Phi) is 5.51. The van der Waals surface area contributed by atoms with Crippen LogP contribution in [0.3, 0.4) is 0 Å². The van der Waals surface area contributed by atoms with Crippen molar-refractivity contribution in [3.05, 3.63) is 70.5 Å². The molecule has 0 aliphatic carbocycles. The number of likely N-dealkylation sites (N-methyl/N-ethyl adjacent to an activating group) is 1. The Labute approximate surface area is 127 Å². The summed E-state index contributed by atoms with van der Waals surface area (Å²) in [6, 6.07) is 13.7. The van der Waals surface area contributed by atoms with Gasteiger partial charge < -0.3 is 5.32 Å². The van der Waals surface area contributed by atoms with Crippen molar-refractivity contribution in [1.29, 1.82) is 0 Å². The summed E-state index contributed by atoms with van der Waals surface area (Å²) in [6.07, 6.45) is 1.82. The molecule has 0 saturated carbocycles. The zero-order valence-electron chi connectivity index (χ0n) is 13.1. The summed E-state index contributed by atoms with van der Waals surface area (Å²) in [5.41, 5.74) is 5.11. The lowest BCUT2D eigenvalue weighted by atomic mass is 9.93. The van der Waals surface area contributed by atoms with Crippen LogP contribution in [-0.2, 0) is 12.8 Å². The van der Waals surface area contributed by atoms with Gasteiger partial charge in [0.25, 0.3) is 0 Å². The van der Waals surface area contributed by atoms with E-state index in [1.807, 2.05) is 6.07 Å². The fraction of sp³-hybridized carbons (Fsp3) is 0.368. The van der Waals surface area contributed by atoms with Crippen molar-refractivity contribution in [2.45, 2.75) is 39.7 Å². The molecule has 2 aromatic carbocycles. The first-order valence-electron chi connectivity index (χ1n) is 7.63. The zero-order valence-corrected chi connectivity index (χ0v) is 13.1. The minimum Gasteiger partial charge on any atom is -0.314 e. The molecule has 1 atom stereocenters. The molecule has 2 heteroatoms. The molecule has 0 aliphatic rings. The van der Waals surface area contributed by atoms with Crippen molar-refractivity contribution in [2.75, 3.05) is 6.54 Å². The number of rotatable bonds is 6. The van der Waals surface area contributed by atoms with Crippen LogP contribution in [0.5, 0.6) is 0 Å². The number of aryl methyl sites for hydroxylation is 2. The average molecular weight is 285 g/mol. The lowest BCUT2D eigenvalue weighted by Crippen LogP contribution is -2.33. The lowest BCUT2D eigenvalue weighted by Gasteiger charge is -2.20. The average Bonchev–Trinajstić information content (AvgIpc) is 2.43. The summed E-state index contributed by atoms with van der Waals surface area (Å²) < 4.78 is 13.3. The van der Waals surface area contributed by atoms with Gasteiger partial charge in [-0.15, -0.1) is 0 Å². The molecule has 0 heterocycles. The van der Waals surface area contributed by atoms with Crippen LogP contribution in [0.15, 0.2) is 42.5 Å². The number of nitrogens with one attached hydrogen (secondary N) is 1. The highest BCUT2D eigenvalue weighted by Gasteiger charge is 2.13. The second kappa shape index (κ2) is 7.37. The molecule has 0 aliphatic heterocycles. The molecule has 0 saturated heterocycles. The van der Waals surface area contributed by atoms with Gasteiger partial charge in [0.15, 0.2) is 0 Å². The maximum atomic E-state index is 13.3. The Hall–Kier alpha value is -1.67. The van der Waals surface area contributed by atoms with Crippen LogP contribution in [-0.4, -0.2) is 12.6 Å². The first-order valence-corrected chi connectivity index (χ1v) is 7.63. The van der Waals surface area contributed by atoms with E-state index in [0.717, 1.165) is 24.9 Å². The molecule has 0 radical (unpaired) electrons. The van der Waals surface area contributed by atoms with E-state index in [2.05, 4.69) is 44.3 Å². The molecule has 2 aromatic rings. The summed E-state index contributed by atoms with van der Waals surface area (Å²) in [7, 11) is 0. The van der Waals surface area contributed by atoms with Crippen LogP contribution in [0, 0.1) is 19.7 Å². The van der Waals surface area contributed by atoms with Gasteiger partial charge in [0.05, 0.1) is 0 Å². The molecule has 0 aromatic heterocycles. The van der Waals surface area contributed by atoms with Gasteiger partial charge in [-0.25, -0.2) is 4.39 Å². The monoisotopic (exact) mass is 285 g/mol. The minimum atomic E-state index is -0.158. The second-order valence-corrected chi connectivity index (χ2v) is 5.66. The Morgan fingerprint density at radius 1 is 1.00 bits per heavy atom. The number of benzene rings is 2. The van der Waals surface area contributed by atoms with E-state index in [1.165, 1.54) is 22.8 Å². The molecule has 1 nitrogen and oxygen atoms in total. The van der Waals surface area contributed by atoms with Crippen LogP contribution < -0.4 is 5.32 Å². The predicted octanol–water partition coefficient (Wildman–Crippen LogP) is 4.21. The van der Waals surface area contributed by atoms with E-state index in [0.29, 0.717) is 6.04 Å². The third-order valence-electron chi connectivity index (χ3n) is 3.96. The number of halogens is 1. The molecule has 1 N–H and O–H groups in total. The van der Waals surface area contributed by atoms with Crippen LogP contribution in [0.1, 0.15) is 29.2 Å². The van der Waals surface area contributed by atoms with Gasteiger partial charge in [-0.3, -0.25) is 0 Å². The lowest BCUT2D eigenvalue weighted by molar-refractivity contribution is 0.517. The molecule has 1 unspecified atom stereocenters. The van der Waals surface area contributed by atoms with Crippen LogP contribution in [0.4, 0.5) is 4.39 Å². The smallest absolute Gasteiger partial charge is 0.123 e. The second-order valence-electron chi connectivity index (χ2n) is 5.66. The normalized spacial score (nSPS) is 12.4. The molecule has 0 spiro atoms. The van der Waals surface area contributed by atoms with Crippen molar-refractivity contribution in [3.8, 4) is 0 Å². The van der Waals surface area contributed by atoms with Crippen molar-refractivity contribution in [2.24, 2.45) is 0 Å². The third-order valence-corrected chi connectivity index (χ3v) is 3.96. The highest BCUT2D eigenvalue weighted by atomic mass is 19.1. The Morgan fingerprint density at radius 3 is 2.29 bits per heavy atom. The minimum absolute atomic E-state index is 0.158. The molecule has 0 amide bonds. The van der Waals surface area contributed by atoms with Gasteiger partial charge in [-0.1, -0.05) is 37.3 Å². The molecular formula is C19H24FN. The number of hydrogen-bond donors (Lipinski definition) is 1. The summed E-state index contributed by atoms with van der Waals surface area (Å²) in [6.45, 7) is 7.36. The molecule has 21 heavy (non-hydrogen) atoms. The van der Waals surface area contributed by atoms with Crippen molar-refractivity contribution in [3.63, 3.8) is 0 Å². The summed E-state index contributed by atoms with van der Waals surface area (Å²) in [5, 5.41) is 3.53. The highest BCUT2D eigenvalue weighted by Crippen LogP contribution is 2.17. The number of hydrogen-bond acceptors (Lipinski definition) is 1. The standard InChI is InChI=1S/C19H24FN/c1-4-21-18(12-16-9-6-10-17(20)11-16)13-19-14(2)7-5-8-15(19)3/h5-11,18,21H,4,12-13H2,1-3H3. The van der Waals surface area contributed by atoms with E-state index in [4.69, 9.17) is 0 Å². The Morgan fingerprint density at radius 2 is 1.67 bits per heavy atom. The molecule has 0 bridgehead atoms. The maximum Gasteiger partial charge on any atom is 0.123 e. The van der Waals surface area contributed by atoms with Crippen LogP contribution in [0.25, 0.3) is 0 Å². The van der Waals surface area contributed by atoms with E-state index in [1.54, 1.807) is 12.1 Å². The summed E-state index contributed by atoms with van der Waals surface area (Å²) in [5.74, 6) is -0.158. The first kappa shape index (κ1) is 15.7. The van der Waals surface area contributed by atoms with E-state index in [9.17, 15) is 4.39 Å². The van der Waals surface area contributed by atoms with Gasteiger partial charge in [0, 0.05) is 6.04 Å². The van der Waals surface area contributed by atoms with Gasteiger partial charge in [-0.2, -0.15) is 0 Å². The topological polar surface area (TPSA) is 12.0 Å². The fourth-order valence-electron chi connectivity index (χ4n) is 2.87. The SMILES string of the molecule is CCNC(Cc1cccc(F)c1)Cc1c(C)cccc1C. The predicted molar refractivity (Wildman–Crippen MR) is 87.2 cm³/mol.